The number of nitrogens with one attached hydrogen (secondary N) is 1. The van der Waals surface area contributed by atoms with Crippen LogP contribution in [0.3, 0.4) is 0 Å². The first-order valence-corrected chi connectivity index (χ1v) is 6.58. The van der Waals surface area contributed by atoms with E-state index in [0.717, 1.165) is 5.69 Å². The number of benzene rings is 1. The molecule has 0 bridgehead atoms. The van der Waals surface area contributed by atoms with Gasteiger partial charge >= 0.3 is 0 Å². The molecule has 1 aromatic carbocycles. The molecule has 1 N–H and O–H groups in total. The summed E-state index contributed by atoms with van der Waals surface area (Å²) in [6, 6.07) is 6.30. The molecule has 1 aliphatic heterocycles. The average molecular weight is 229 g/mol. The van der Waals surface area contributed by atoms with Gasteiger partial charge in [0.05, 0.1) is 5.92 Å². The zero-order chi connectivity index (χ0) is 12.0. The van der Waals surface area contributed by atoms with Crippen LogP contribution in [0.15, 0.2) is 18.2 Å². The number of hydrogen-bond acceptors (Lipinski definition) is 1. The average Bonchev–Trinajstić information content (AvgIpc) is 2.81. The summed E-state index contributed by atoms with van der Waals surface area (Å²) in [6.45, 7) is 4.39. The lowest BCUT2D eigenvalue weighted by molar-refractivity contribution is -0.118. The van der Waals surface area contributed by atoms with E-state index in [1.807, 2.05) is 6.07 Å². The molecule has 0 radical (unpaired) electrons. The van der Waals surface area contributed by atoms with Crippen LogP contribution in [-0.4, -0.2) is 5.91 Å². The van der Waals surface area contributed by atoms with Crippen LogP contribution < -0.4 is 5.32 Å². The normalized spacial score (nSPS) is 31.4. The molecule has 1 fully saturated rings. The number of aryl methyl sites for hydroxylation is 1. The molecule has 2 heteroatoms. The van der Waals surface area contributed by atoms with Crippen LogP contribution in [-0.2, 0) is 4.79 Å². The first kappa shape index (κ1) is 10.8. The second-order valence-corrected chi connectivity index (χ2v) is 5.63. The summed E-state index contributed by atoms with van der Waals surface area (Å²) in [4.78, 5) is 12.2. The molecular weight excluding hydrogens is 210 g/mol. The highest BCUT2D eigenvalue weighted by molar-refractivity contribution is 6.03. The lowest BCUT2D eigenvalue weighted by Crippen LogP contribution is -2.22. The summed E-state index contributed by atoms with van der Waals surface area (Å²) in [5, 5.41) is 3.03. The number of rotatable bonds is 1. The van der Waals surface area contributed by atoms with Crippen molar-refractivity contribution in [2.45, 2.75) is 39.0 Å². The van der Waals surface area contributed by atoms with Crippen LogP contribution in [0.25, 0.3) is 0 Å². The lowest BCUT2D eigenvalue weighted by atomic mass is 9.81. The van der Waals surface area contributed by atoms with Crippen molar-refractivity contribution in [1.29, 1.82) is 0 Å². The fourth-order valence-electron chi connectivity index (χ4n) is 3.50. The largest absolute Gasteiger partial charge is 0.325 e. The minimum atomic E-state index is 0.0994. The van der Waals surface area contributed by atoms with E-state index in [0.29, 0.717) is 11.8 Å². The van der Waals surface area contributed by atoms with Gasteiger partial charge in [0.25, 0.3) is 0 Å². The quantitative estimate of drug-likeness (QED) is 0.785. The molecule has 0 spiro atoms. The first-order chi connectivity index (χ1) is 8.16. The van der Waals surface area contributed by atoms with Crippen LogP contribution in [0.1, 0.15) is 43.2 Å². The van der Waals surface area contributed by atoms with Gasteiger partial charge in [0, 0.05) is 5.69 Å². The van der Waals surface area contributed by atoms with Crippen molar-refractivity contribution in [3.05, 3.63) is 29.3 Å². The van der Waals surface area contributed by atoms with Crippen molar-refractivity contribution in [1.82, 2.24) is 0 Å². The number of hydrogen-bond donors (Lipinski definition) is 1. The minimum absolute atomic E-state index is 0.0994. The van der Waals surface area contributed by atoms with E-state index >= 15 is 0 Å². The summed E-state index contributed by atoms with van der Waals surface area (Å²) in [6.07, 6.45) is 3.75. The van der Waals surface area contributed by atoms with E-state index in [4.69, 9.17) is 0 Å². The number of carbonyl (C=O) groups excluding carboxylic acids is 1. The number of amides is 1. The fourth-order valence-corrected chi connectivity index (χ4v) is 3.50. The summed E-state index contributed by atoms with van der Waals surface area (Å²) in [5.74, 6) is 1.53. The maximum absolute atomic E-state index is 12.2. The van der Waals surface area contributed by atoms with Crippen molar-refractivity contribution in [2.24, 2.45) is 11.8 Å². The molecule has 1 amide bonds. The third-order valence-corrected chi connectivity index (χ3v) is 4.44. The Morgan fingerprint density at radius 3 is 2.82 bits per heavy atom. The lowest BCUT2D eigenvalue weighted by Gasteiger charge is -2.21. The van der Waals surface area contributed by atoms with Crippen molar-refractivity contribution < 1.29 is 4.79 Å². The van der Waals surface area contributed by atoms with Crippen LogP contribution in [0.2, 0.25) is 0 Å². The fraction of sp³-hybridized carbons (Fsp3) is 0.533. The molecule has 0 aromatic heterocycles. The van der Waals surface area contributed by atoms with E-state index in [2.05, 4.69) is 31.3 Å². The Bertz CT molecular complexity index is 466. The van der Waals surface area contributed by atoms with E-state index in [-0.39, 0.29) is 11.8 Å². The van der Waals surface area contributed by atoms with Gasteiger partial charge in [-0.2, -0.15) is 0 Å². The number of carbonyl (C=O) groups is 1. The molecule has 3 rings (SSSR count). The van der Waals surface area contributed by atoms with Crippen molar-refractivity contribution in [2.75, 3.05) is 5.32 Å². The Balaban J connectivity index is 2.01. The molecule has 1 saturated carbocycles. The molecule has 17 heavy (non-hydrogen) atoms. The van der Waals surface area contributed by atoms with Gasteiger partial charge in [-0.3, -0.25) is 4.79 Å². The van der Waals surface area contributed by atoms with Gasteiger partial charge < -0.3 is 5.32 Å². The Hall–Kier alpha value is -1.31. The SMILES string of the molecule is Cc1ccc2c(c1)C(C1CCCC1C)C(=O)N2. The number of fused-ring (bicyclic) bond motifs is 1. The molecule has 0 saturated heterocycles. The van der Waals surface area contributed by atoms with Crippen molar-refractivity contribution in [3.8, 4) is 0 Å². The molecule has 1 aromatic rings. The molecule has 3 atom stereocenters. The van der Waals surface area contributed by atoms with Gasteiger partial charge in [0.2, 0.25) is 5.91 Å². The van der Waals surface area contributed by atoms with Crippen LogP contribution >= 0.6 is 0 Å². The molecule has 2 nitrogen and oxygen atoms in total. The minimum Gasteiger partial charge on any atom is -0.325 e. The van der Waals surface area contributed by atoms with Gasteiger partial charge in [0.1, 0.15) is 0 Å². The highest BCUT2D eigenvalue weighted by atomic mass is 16.2. The Kier molecular flexibility index (Phi) is 2.46. The van der Waals surface area contributed by atoms with Gasteiger partial charge in [-0.1, -0.05) is 37.5 Å². The predicted molar refractivity (Wildman–Crippen MR) is 69.1 cm³/mol. The topological polar surface area (TPSA) is 29.1 Å². The third-order valence-electron chi connectivity index (χ3n) is 4.44. The zero-order valence-corrected chi connectivity index (χ0v) is 10.5. The predicted octanol–water partition coefficient (Wildman–Crippen LogP) is 3.47. The van der Waals surface area contributed by atoms with Crippen molar-refractivity contribution in [3.63, 3.8) is 0 Å². The Morgan fingerprint density at radius 2 is 2.12 bits per heavy atom. The smallest absolute Gasteiger partial charge is 0.232 e. The molecule has 2 aliphatic rings. The molecule has 3 unspecified atom stereocenters. The van der Waals surface area contributed by atoms with Gasteiger partial charge in [-0.05, 0) is 36.8 Å². The van der Waals surface area contributed by atoms with E-state index in [9.17, 15) is 4.79 Å². The van der Waals surface area contributed by atoms with Crippen molar-refractivity contribution >= 4 is 11.6 Å². The maximum Gasteiger partial charge on any atom is 0.232 e. The van der Waals surface area contributed by atoms with E-state index in [1.165, 1.54) is 30.4 Å². The standard InChI is InChI=1S/C15H19NO/c1-9-6-7-13-12(8-9)14(15(17)16-13)11-5-3-4-10(11)2/h6-8,10-11,14H,3-5H2,1-2H3,(H,16,17). The van der Waals surface area contributed by atoms with Gasteiger partial charge in [-0.25, -0.2) is 0 Å². The summed E-state index contributed by atoms with van der Waals surface area (Å²) in [5.41, 5.74) is 3.51. The molecule has 90 valence electrons. The summed E-state index contributed by atoms with van der Waals surface area (Å²) < 4.78 is 0. The monoisotopic (exact) mass is 229 g/mol. The first-order valence-electron chi connectivity index (χ1n) is 6.58. The van der Waals surface area contributed by atoms with Gasteiger partial charge in [0.15, 0.2) is 0 Å². The molecule has 1 heterocycles. The second-order valence-electron chi connectivity index (χ2n) is 5.63. The zero-order valence-electron chi connectivity index (χ0n) is 10.5. The van der Waals surface area contributed by atoms with Crippen LogP contribution in [0.5, 0.6) is 0 Å². The van der Waals surface area contributed by atoms with Gasteiger partial charge in [-0.15, -0.1) is 0 Å². The number of anilines is 1. The summed E-state index contributed by atoms with van der Waals surface area (Å²) >= 11 is 0. The third kappa shape index (κ3) is 1.67. The van der Waals surface area contributed by atoms with E-state index < -0.39 is 0 Å². The maximum atomic E-state index is 12.2. The Labute approximate surface area is 102 Å². The Morgan fingerprint density at radius 1 is 1.29 bits per heavy atom. The highest BCUT2D eigenvalue weighted by Gasteiger charge is 2.40. The molecule has 1 aliphatic carbocycles. The molecular formula is C15H19NO. The van der Waals surface area contributed by atoms with E-state index in [1.54, 1.807) is 0 Å². The van der Waals surface area contributed by atoms with Crippen LogP contribution in [0.4, 0.5) is 5.69 Å². The highest BCUT2D eigenvalue weighted by Crippen LogP contribution is 2.46. The second kappa shape index (κ2) is 3.86. The van der Waals surface area contributed by atoms with Crippen LogP contribution in [0, 0.1) is 18.8 Å². The summed E-state index contributed by atoms with van der Waals surface area (Å²) in [7, 11) is 0.